The van der Waals surface area contributed by atoms with E-state index in [-0.39, 0.29) is 17.9 Å². The number of nitrogens with zero attached hydrogens (tertiary/aromatic N) is 2. The van der Waals surface area contributed by atoms with Crippen molar-refractivity contribution in [1.82, 2.24) is 0 Å². The molecule has 0 spiro atoms. The Morgan fingerprint density at radius 1 is 0.926 bits per heavy atom. The SMILES string of the molecule is O=C(O)CCCCCOc1ccc(/C=N/N=C/c2ccccc2O)c(O)c1. The Bertz CT molecular complexity index is 818. The quantitative estimate of drug-likeness (QED) is 0.336. The van der Waals surface area contributed by atoms with Crippen molar-refractivity contribution in [2.75, 3.05) is 6.61 Å². The van der Waals surface area contributed by atoms with Gasteiger partial charge in [0, 0.05) is 23.6 Å². The van der Waals surface area contributed by atoms with Crippen LogP contribution in [0.3, 0.4) is 0 Å². The fraction of sp³-hybridized carbons (Fsp3) is 0.250. The summed E-state index contributed by atoms with van der Waals surface area (Å²) in [6.07, 6.45) is 5.14. The van der Waals surface area contributed by atoms with Crippen LogP contribution in [0.25, 0.3) is 0 Å². The van der Waals surface area contributed by atoms with E-state index in [0.717, 1.165) is 12.8 Å². The molecule has 0 atom stereocenters. The van der Waals surface area contributed by atoms with Crippen LogP contribution in [0.15, 0.2) is 52.7 Å². The van der Waals surface area contributed by atoms with Crippen molar-refractivity contribution in [3.05, 3.63) is 53.6 Å². The summed E-state index contributed by atoms with van der Waals surface area (Å²) in [7, 11) is 0. The minimum Gasteiger partial charge on any atom is -0.507 e. The Kier molecular flexibility index (Phi) is 7.84. The second kappa shape index (κ2) is 10.6. The van der Waals surface area contributed by atoms with Crippen molar-refractivity contribution in [3.8, 4) is 17.2 Å². The number of phenols is 2. The summed E-state index contributed by atoms with van der Waals surface area (Å²) in [5.74, 6) is -0.132. The number of phenolic OH excluding ortho intramolecular Hbond substituents is 2. The summed E-state index contributed by atoms with van der Waals surface area (Å²) in [6.45, 7) is 0.456. The third-order valence-corrected chi connectivity index (χ3v) is 3.70. The van der Waals surface area contributed by atoms with Gasteiger partial charge in [-0.05, 0) is 43.5 Å². The fourth-order valence-electron chi connectivity index (χ4n) is 2.26. The van der Waals surface area contributed by atoms with E-state index in [1.54, 1.807) is 36.4 Å². The van der Waals surface area contributed by atoms with Crippen LogP contribution >= 0.6 is 0 Å². The number of aromatic hydroxyl groups is 2. The van der Waals surface area contributed by atoms with E-state index in [0.29, 0.717) is 29.9 Å². The van der Waals surface area contributed by atoms with Gasteiger partial charge in [-0.1, -0.05) is 12.1 Å². The number of carboxylic acids is 1. The predicted molar refractivity (Wildman–Crippen MR) is 103 cm³/mol. The molecule has 0 aliphatic rings. The molecule has 0 heterocycles. The molecule has 2 rings (SSSR count). The lowest BCUT2D eigenvalue weighted by molar-refractivity contribution is -0.137. The van der Waals surface area contributed by atoms with Gasteiger partial charge in [-0.15, -0.1) is 0 Å². The van der Waals surface area contributed by atoms with E-state index >= 15 is 0 Å². The molecular weight excluding hydrogens is 348 g/mol. The van der Waals surface area contributed by atoms with Gasteiger partial charge in [-0.3, -0.25) is 4.79 Å². The Balaban J connectivity index is 1.81. The summed E-state index contributed by atoms with van der Waals surface area (Å²) in [5.41, 5.74) is 1.03. The van der Waals surface area contributed by atoms with Crippen molar-refractivity contribution in [1.29, 1.82) is 0 Å². The third kappa shape index (κ3) is 7.19. The topological polar surface area (TPSA) is 112 Å². The maximum atomic E-state index is 10.4. The van der Waals surface area contributed by atoms with Crippen molar-refractivity contribution in [3.63, 3.8) is 0 Å². The van der Waals surface area contributed by atoms with Gasteiger partial charge < -0.3 is 20.1 Å². The Labute approximate surface area is 157 Å². The third-order valence-electron chi connectivity index (χ3n) is 3.70. The Morgan fingerprint density at radius 2 is 1.63 bits per heavy atom. The molecule has 2 aromatic carbocycles. The molecular formula is C20H22N2O5. The molecule has 0 unspecified atom stereocenters. The van der Waals surface area contributed by atoms with Crippen molar-refractivity contribution < 1.29 is 24.9 Å². The van der Waals surface area contributed by atoms with Crippen molar-refractivity contribution in [2.45, 2.75) is 25.7 Å². The number of carbonyl (C=O) groups is 1. The summed E-state index contributed by atoms with van der Waals surface area (Å²) in [4.78, 5) is 10.4. The van der Waals surface area contributed by atoms with Gasteiger partial charge in [0.2, 0.25) is 0 Å². The molecule has 3 N–H and O–H groups in total. The number of ether oxygens (including phenoxy) is 1. The van der Waals surface area contributed by atoms with Gasteiger partial charge in [0.1, 0.15) is 17.2 Å². The molecule has 142 valence electrons. The van der Waals surface area contributed by atoms with Gasteiger partial charge in [-0.2, -0.15) is 10.2 Å². The largest absolute Gasteiger partial charge is 0.507 e. The number of benzene rings is 2. The van der Waals surface area contributed by atoms with E-state index in [1.165, 1.54) is 18.5 Å². The molecule has 0 aliphatic heterocycles. The van der Waals surface area contributed by atoms with Gasteiger partial charge in [-0.25, -0.2) is 0 Å². The van der Waals surface area contributed by atoms with Crippen LogP contribution in [0.2, 0.25) is 0 Å². The molecule has 0 radical (unpaired) electrons. The summed E-state index contributed by atoms with van der Waals surface area (Å²) in [5, 5.41) is 35.9. The maximum Gasteiger partial charge on any atom is 0.303 e. The molecule has 0 saturated heterocycles. The number of carboxylic acid groups (broad SMARTS) is 1. The number of para-hydroxylation sites is 1. The first kappa shape index (κ1) is 20.0. The zero-order valence-corrected chi connectivity index (χ0v) is 14.8. The molecule has 0 aliphatic carbocycles. The van der Waals surface area contributed by atoms with Crippen LogP contribution in [-0.2, 0) is 4.79 Å². The van der Waals surface area contributed by atoms with E-state index in [1.807, 2.05) is 0 Å². The maximum absolute atomic E-state index is 10.4. The first-order valence-corrected chi connectivity index (χ1v) is 8.58. The molecule has 0 bridgehead atoms. The highest BCUT2D eigenvalue weighted by atomic mass is 16.5. The molecule has 0 aromatic heterocycles. The van der Waals surface area contributed by atoms with Crippen molar-refractivity contribution >= 4 is 18.4 Å². The Morgan fingerprint density at radius 3 is 2.30 bits per heavy atom. The second-order valence-corrected chi connectivity index (χ2v) is 5.82. The van der Waals surface area contributed by atoms with E-state index in [9.17, 15) is 15.0 Å². The fourth-order valence-corrected chi connectivity index (χ4v) is 2.26. The highest BCUT2D eigenvalue weighted by Crippen LogP contribution is 2.22. The van der Waals surface area contributed by atoms with E-state index < -0.39 is 5.97 Å². The predicted octanol–water partition coefficient (Wildman–Crippen LogP) is 3.57. The van der Waals surface area contributed by atoms with Crippen LogP contribution in [0.4, 0.5) is 0 Å². The standard InChI is InChI=1S/C20H22N2O5/c23-18-7-4-3-6-15(18)13-21-22-14-16-9-10-17(12-19(16)24)27-11-5-1-2-8-20(25)26/h3-4,6-7,9-10,12-14,23-24H,1-2,5,8,11H2,(H,25,26)/b21-13+,22-14+. The zero-order valence-electron chi connectivity index (χ0n) is 14.8. The first-order valence-electron chi connectivity index (χ1n) is 8.58. The van der Waals surface area contributed by atoms with Gasteiger partial charge in [0.05, 0.1) is 19.0 Å². The summed E-state index contributed by atoms with van der Waals surface area (Å²) >= 11 is 0. The number of hydrogen-bond acceptors (Lipinski definition) is 6. The average Bonchev–Trinajstić information content (AvgIpc) is 2.64. The molecule has 7 nitrogen and oxygen atoms in total. The molecule has 2 aromatic rings. The molecule has 0 fully saturated rings. The smallest absolute Gasteiger partial charge is 0.303 e. The van der Waals surface area contributed by atoms with E-state index in [2.05, 4.69) is 10.2 Å². The number of hydrogen-bond donors (Lipinski definition) is 3. The van der Waals surface area contributed by atoms with Crippen LogP contribution in [0.1, 0.15) is 36.8 Å². The molecule has 27 heavy (non-hydrogen) atoms. The van der Waals surface area contributed by atoms with Gasteiger partial charge in [0.25, 0.3) is 0 Å². The highest BCUT2D eigenvalue weighted by molar-refractivity contribution is 5.86. The van der Waals surface area contributed by atoms with Gasteiger partial charge in [0.15, 0.2) is 0 Å². The zero-order chi connectivity index (χ0) is 19.5. The minimum absolute atomic E-state index is 0.0138. The number of unbranched alkanes of at least 4 members (excludes halogenated alkanes) is 2. The van der Waals surface area contributed by atoms with Crippen LogP contribution in [0.5, 0.6) is 17.2 Å². The summed E-state index contributed by atoms with van der Waals surface area (Å²) < 4.78 is 5.54. The lowest BCUT2D eigenvalue weighted by atomic mass is 10.2. The lowest BCUT2D eigenvalue weighted by Gasteiger charge is -2.07. The normalized spacial score (nSPS) is 11.3. The first-order chi connectivity index (χ1) is 13.1. The molecule has 7 heteroatoms. The van der Waals surface area contributed by atoms with Crippen LogP contribution in [0, 0.1) is 0 Å². The minimum atomic E-state index is -0.789. The monoisotopic (exact) mass is 370 g/mol. The number of rotatable bonds is 10. The Hall–Kier alpha value is -3.35. The highest BCUT2D eigenvalue weighted by Gasteiger charge is 2.02. The molecule has 0 amide bonds. The number of aliphatic carboxylic acids is 1. The van der Waals surface area contributed by atoms with E-state index in [4.69, 9.17) is 9.84 Å². The van der Waals surface area contributed by atoms with Crippen LogP contribution in [-0.4, -0.2) is 40.3 Å². The average molecular weight is 370 g/mol. The lowest BCUT2D eigenvalue weighted by Crippen LogP contribution is -1.99. The molecule has 0 saturated carbocycles. The van der Waals surface area contributed by atoms with Crippen LogP contribution < -0.4 is 4.74 Å². The summed E-state index contributed by atoms with van der Waals surface area (Å²) in [6, 6.07) is 11.6. The van der Waals surface area contributed by atoms with Crippen molar-refractivity contribution in [2.24, 2.45) is 10.2 Å². The van der Waals surface area contributed by atoms with Gasteiger partial charge >= 0.3 is 5.97 Å². The second-order valence-electron chi connectivity index (χ2n) is 5.82.